The molecule has 3 nitrogen and oxygen atoms in total. The Kier molecular flexibility index (Phi) is 4.85. The molecule has 1 aliphatic carbocycles. The summed E-state index contributed by atoms with van der Waals surface area (Å²) in [6.07, 6.45) is 3.43. The van der Waals surface area contributed by atoms with E-state index in [0.717, 1.165) is 25.3 Å². The molecule has 1 aromatic carbocycles. The van der Waals surface area contributed by atoms with Gasteiger partial charge >= 0.3 is 0 Å². The molecule has 19 heavy (non-hydrogen) atoms. The molecule has 0 aliphatic heterocycles. The van der Waals surface area contributed by atoms with Crippen LogP contribution in [-0.2, 0) is 11.3 Å². The summed E-state index contributed by atoms with van der Waals surface area (Å²) in [5.41, 5.74) is 0.696. The number of rotatable bonds is 7. The van der Waals surface area contributed by atoms with Crippen LogP contribution in [0.1, 0.15) is 31.2 Å². The number of hydrogen-bond acceptors (Lipinski definition) is 2. The Balaban J connectivity index is 1.58. The second-order valence-electron chi connectivity index (χ2n) is 4.87. The van der Waals surface area contributed by atoms with Crippen LogP contribution in [0, 0.1) is 11.6 Å². The predicted octanol–water partition coefficient (Wildman–Crippen LogP) is 2.11. The Bertz CT molecular complexity index is 447. The van der Waals surface area contributed by atoms with E-state index in [1.807, 2.05) is 0 Å². The molecule has 1 saturated carbocycles. The summed E-state index contributed by atoms with van der Waals surface area (Å²) in [7, 11) is 0. The van der Waals surface area contributed by atoms with Crippen molar-refractivity contribution in [2.75, 3.05) is 6.54 Å². The standard InChI is InChI=1S/C14H18F2N2O/c15-12-6-3-10(8-13(12)16)9-17-7-1-2-14(19)18-11-4-5-11/h3,6,8,11,17H,1-2,4-5,7,9H2,(H,18,19). The van der Waals surface area contributed by atoms with E-state index >= 15 is 0 Å². The Morgan fingerprint density at radius 1 is 1.26 bits per heavy atom. The van der Waals surface area contributed by atoms with Crippen molar-refractivity contribution in [3.63, 3.8) is 0 Å². The van der Waals surface area contributed by atoms with Gasteiger partial charge in [-0.3, -0.25) is 4.79 Å². The molecule has 1 amide bonds. The summed E-state index contributed by atoms with van der Waals surface area (Å²) < 4.78 is 25.6. The normalized spacial score (nSPS) is 14.4. The lowest BCUT2D eigenvalue weighted by Gasteiger charge is -2.06. The molecule has 1 aliphatic rings. The van der Waals surface area contributed by atoms with Gasteiger partial charge in [0.25, 0.3) is 0 Å². The molecule has 104 valence electrons. The SMILES string of the molecule is O=C(CCCNCc1ccc(F)c(F)c1)NC1CC1. The highest BCUT2D eigenvalue weighted by Crippen LogP contribution is 2.18. The van der Waals surface area contributed by atoms with Crippen LogP contribution in [0.2, 0.25) is 0 Å². The van der Waals surface area contributed by atoms with Crippen molar-refractivity contribution in [1.82, 2.24) is 10.6 Å². The summed E-state index contributed by atoms with van der Waals surface area (Å²) in [5, 5.41) is 6.02. The van der Waals surface area contributed by atoms with E-state index in [1.54, 1.807) is 6.07 Å². The van der Waals surface area contributed by atoms with Crippen LogP contribution in [0.4, 0.5) is 8.78 Å². The fraction of sp³-hybridized carbons (Fsp3) is 0.500. The van der Waals surface area contributed by atoms with E-state index in [4.69, 9.17) is 0 Å². The lowest BCUT2D eigenvalue weighted by atomic mass is 10.2. The van der Waals surface area contributed by atoms with Gasteiger partial charge in [0.1, 0.15) is 0 Å². The molecule has 5 heteroatoms. The van der Waals surface area contributed by atoms with Gasteiger partial charge in [-0.05, 0) is 43.5 Å². The molecular formula is C14H18F2N2O. The van der Waals surface area contributed by atoms with Crippen LogP contribution in [0.15, 0.2) is 18.2 Å². The minimum absolute atomic E-state index is 0.0946. The van der Waals surface area contributed by atoms with Gasteiger partial charge in [-0.1, -0.05) is 6.07 Å². The number of hydrogen-bond donors (Lipinski definition) is 2. The molecule has 0 radical (unpaired) electrons. The van der Waals surface area contributed by atoms with E-state index in [-0.39, 0.29) is 5.91 Å². The Morgan fingerprint density at radius 3 is 2.74 bits per heavy atom. The zero-order valence-corrected chi connectivity index (χ0v) is 10.7. The van der Waals surface area contributed by atoms with Gasteiger partial charge in [-0.15, -0.1) is 0 Å². The van der Waals surface area contributed by atoms with E-state index < -0.39 is 11.6 Å². The lowest BCUT2D eigenvalue weighted by Crippen LogP contribution is -2.26. The zero-order chi connectivity index (χ0) is 13.7. The molecule has 2 N–H and O–H groups in total. The number of nitrogens with one attached hydrogen (secondary N) is 2. The molecule has 0 heterocycles. The molecule has 1 fully saturated rings. The molecule has 0 saturated heterocycles. The third-order valence-corrected chi connectivity index (χ3v) is 3.01. The van der Waals surface area contributed by atoms with Gasteiger partial charge in [0.05, 0.1) is 0 Å². The van der Waals surface area contributed by atoms with Crippen molar-refractivity contribution >= 4 is 5.91 Å². The second-order valence-corrected chi connectivity index (χ2v) is 4.87. The molecule has 1 aromatic rings. The first kappa shape index (κ1) is 13.9. The van der Waals surface area contributed by atoms with Crippen LogP contribution < -0.4 is 10.6 Å². The van der Waals surface area contributed by atoms with Crippen molar-refractivity contribution in [3.05, 3.63) is 35.4 Å². The summed E-state index contributed by atoms with van der Waals surface area (Å²) in [4.78, 5) is 11.4. The molecule has 2 rings (SSSR count). The molecule has 0 bridgehead atoms. The number of benzene rings is 1. The zero-order valence-electron chi connectivity index (χ0n) is 10.7. The maximum Gasteiger partial charge on any atom is 0.220 e. The highest BCUT2D eigenvalue weighted by Gasteiger charge is 2.22. The van der Waals surface area contributed by atoms with Gasteiger partial charge in [-0.25, -0.2) is 8.78 Å². The van der Waals surface area contributed by atoms with Crippen molar-refractivity contribution in [1.29, 1.82) is 0 Å². The van der Waals surface area contributed by atoms with Crippen LogP contribution in [0.25, 0.3) is 0 Å². The first-order valence-electron chi connectivity index (χ1n) is 6.59. The first-order valence-corrected chi connectivity index (χ1v) is 6.59. The van der Waals surface area contributed by atoms with E-state index in [1.165, 1.54) is 6.07 Å². The quantitative estimate of drug-likeness (QED) is 0.744. The molecule has 0 aromatic heterocycles. The van der Waals surface area contributed by atoms with Crippen molar-refractivity contribution in [2.24, 2.45) is 0 Å². The lowest BCUT2D eigenvalue weighted by molar-refractivity contribution is -0.121. The first-order chi connectivity index (χ1) is 9.15. The van der Waals surface area contributed by atoms with Gasteiger partial charge < -0.3 is 10.6 Å². The average molecular weight is 268 g/mol. The fourth-order valence-electron chi connectivity index (χ4n) is 1.78. The molecule has 0 unspecified atom stereocenters. The summed E-state index contributed by atoms with van der Waals surface area (Å²) in [6, 6.07) is 4.26. The van der Waals surface area contributed by atoms with Crippen LogP contribution >= 0.6 is 0 Å². The van der Waals surface area contributed by atoms with E-state index in [9.17, 15) is 13.6 Å². The Labute approximate surface area is 111 Å². The summed E-state index contributed by atoms with van der Waals surface area (Å²) in [6.45, 7) is 1.15. The van der Waals surface area contributed by atoms with Gasteiger partial charge in [0.2, 0.25) is 5.91 Å². The predicted molar refractivity (Wildman–Crippen MR) is 68.5 cm³/mol. The molecular weight excluding hydrogens is 250 g/mol. The second kappa shape index (κ2) is 6.61. The van der Waals surface area contributed by atoms with E-state index in [0.29, 0.717) is 31.1 Å². The van der Waals surface area contributed by atoms with Gasteiger partial charge in [0, 0.05) is 19.0 Å². The average Bonchev–Trinajstić information content (AvgIpc) is 3.17. The number of amides is 1. The summed E-state index contributed by atoms with van der Waals surface area (Å²) in [5.74, 6) is -1.57. The maximum atomic E-state index is 12.9. The Hall–Kier alpha value is -1.49. The van der Waals surface area contributed by atoms with Crippen molar-refractivity contribution in [3.8, 4) is 0 Å². The number of carbonyl (C=O) groups is 1. The van der Waals surface area contributed by atoms with Crippen LogP contribution in [-0.4, -0.2) is 18.5 Å². The fourth-order valence-corrected chi connectivity index (χ4v) is 1.78. The van der Waals surface area contributed by atoms with Crippen molar-refractivity contribution in [2.45, 2.75) is 38.3 Å². The minimum atomic E-state index is -0.833. The number of carbonyl (C=O) groups excluding carboxylic acids is 1. The Morgan fingerprint density at radius 2 is 2.05 bits per heavy atom. The minimum Gasteiger partial charge on any atom is -0.353 e. The highest BCUT2D eigenvalue weighted by atomic mass is 19.2. The third-order valence-electron chi connectivity index (χ3n) is 3.01. The van der Waals surface area contributed by atoms with E-state index in [2.05, 4.69) is 10.6 Å². The van der Waals surface area contributed by atoms with Gasteiger partial charge in [0.15, 0.2) is 11.6 Å². The summed E-state index contributed by atoms with van der Waals surface area (Å²) >= 11 is 0. The topological polar surface area (TPSA) is 41.1 Å². The van der Waals surface area contributed by atoms with Crippen LogP contribution in [0.3, 0.4) is 0 Å². The third kappa shape index (κ3) is 4.95. The van der Waals surface area contributed by atoms with Crippen LogP contribution in [0.5, 0.6) is 0 Å². The van der Waals surface area contributed by atoms with Crippen molar-refractivity contribution < 1.29 is 13.6 Å². The smallest absolute Gasteiger partial charge is 0.220 e. The highest BCUT2D eigenvalue weighted by molar-refractivity contribution is 5.76. The molecule has 0 spiro atoms. The van der Waals surface area contributed by atoms with Gasteiger partial charge in [-0.2, -0.15) is 0 Å². The maximum absolute atomic E-state index is 12.9. The largest absolute Gasteiger partial charge is 0.353 e. The number of halogens is 2. The monoisotopic (exact) mass is 268 g/mol. The molecule has 0 atom stereocenters.